The molecule has 150 valence electrons. The molecule has 0 saturated carbocycles. The molecule has 1 fully saturated rings. The number of amides is 2. The lowest BCUT2D eigenvalue weighted by atomic mass is 9.90. The predicted octanol–water partition coefficient (Wildman–Crippen LogP) is 2.68. The fourth-order valence-electron chi connectivity index (χ4n) is 3.33. The molecule has 0 aromatic heterocycles. The summed E-state index contributed by atoms with van der Waals surface area (Å²) in [5.74, 6) is 0.551. The molecule has 1 aromatic rings. The molecule has 0 radical (unpaired) electrons. The van der Waals surface area contributed by atoms with Crippen molar-refractivity contribution in [3.63, 3.8) is 0 Å². The second kappa shape index (κ2) is 9.62. The molecule has 6 heteroatoms. The summed E-state index contributed by atoms with van der Waals surface area (Å²) in [5, 5.41) is 2.91. The van der Waals surface area contributed by atoms with Gasteiger partial charge in [0.05, 0.1) is 12.8 Å². The molecular weight excluding hydrogens is 342 g/mol. The minimum absolute atomic E-state index is 0.102. The Balaban J connectivity index is 1.92. The number of para-hydroxylation sites is 2. The van der Waals surface area contributed by atoms with Gasteiger partial charge in [-0.15, -0.1) is 0 Å². The number of hydrogen-bond donors (Lipinski definition) is 1. The Bertz CT molecular complexity index is 637. The van der Waals surface area contributed by atoms with Crippen LogP contribution in [0.3, 0.4) is 0 Å². The first-order chi connectivity index (χ1) is 12.9. The third-order valence-corrected chi connectivity index (χ3v) is 5.16. The Kier molecular flexibility index (Phi) is 7.51. The largest absolute Gasteiger partial charge is 0.495 e. The molecule has 1 aliphatic heterocycles. The van der Waals surface area contributed by atoms with Crippen LogP contribution in [0, 0.1) is 5.41 Å². The van der Waals surface area contributed by atoms with Crippen molar-refractivity contribution < 1.29 is 14.3 Å². The first-order valence-electron chi connectivity index (χ1n) is 9.87. The summed E-state index contributed by atoms with van der Waals surface area (Å²) in [6.45, 7) is 8.84. The number of carbonyl (C=O) groups is 2. The van der Waals surface area contributed by atoms with E-state index in [4.69, 9.17) is 4.74 Å². The van der Waals surface area contributed by atoms with E-state index in [1.807, 2.05) is 24.3 Å². The van der Waals surface area contributed by atoms with E-state index in [1.54, 1.807) is 25.9 Å². The van der Waals surface area contributed by atoms with Gasteiger partial charge in [-0.1, -0.05) is 31.9 Å². The number of methoxy groups -OCH3 is 1. The molecule has 1 saturated heterocycles. The minimum atomic E-state index is -1.04. The number of ether oxygens (including phenoxy) is 1. The summed E-state index contributed by atoms with van der Waals surface area (Å²) in [5.41, 5.74) is -0.00114. The van der Waals surface area contributed by atoms with Crippen molar-refractivity contribution in [1.82, 2.24) is 10.2 Å². The van der Waals surface area contributed by atoms with Crippen LogP contribution in [0.15, 0.2) is 24.3 Å². The zero-order valence-corrected chi connectivity index (χ0v) is 17.1. The van der Waals surface area contributed by atoms with Crippen LogP contribution in [0.25, 0.3) is 0 Å². The van der Waals surface area contributed by atoms with Crippen LogP contribution in [0.5, 0.6) is 5.75 Å². The fraction of sp³-hybridized carbons (Fsp3) is 0.619. The molecule has 1 aliphatic rings. The Labute approximate surface area is 162 Å². The Morgan fingerprint density at radius 3 is 2.41 bits per heavy atom. The molecule has 0 atom stereocenters. The number of nitrogens with zero attached hydrogens (tertiary/aromatic N) is 2. The average Bonchev–Trinajstić information content (AvgIpc) is 2.70. The van der Waals surface area contributed by atoms with E-state index in [0.717, 1.165) is 43.8 Å². The molecule has 1 N–H and O–H groups in total. The van der Waals surface area contributed by atoms with Gasteiger partial charge in [-0.25, -0.2) is 0 Å². The fourth-order valence-corrected chi connectivity index (χ4v) is 3.33. The van der Waals surface area contributed by atoms with Crippen LogP contribution in [0.2, 0.25) is 0 Å². The van der Waals surface area contributed by atoms with Gasteiger partial charge in [-0.2, -0.15) is 0 Å². The third-order valence-electron chi connectivity index (χ3n) is 5.16. The highest BCUT2D eigenvalue weighted by molar-refractivity contribution is 6.04. The van der Waals surface area contributed by atoms with Gasteiger partial charge in [0.15, 0.2) is 0 Å². The molecule has 2 amide bonds. The van der Waals surface area contributed by atoms with Gasteiger partial charge in [0.25, 0.3) is 0 Å². The Hall–Kier alpha value is -2.24. The minimum Gasteiger partial charge on any atom is -0.495 e. The van der Waals surface area contributed by atoms with E-state index in [1.165, 1.54) is 0 Å². The topological polar surface area (TPSA) is 61.9 Å². The normalized spacial score (nSPS) is 14.8. The smallest absolute Gasteiger partial charge is 0.237 e. The third kappa shape index (κ3) is 5.15. The summed E-state index contributed by atoms with van der Waals surface area (Å²) < 4.78 is 5.44. The van der Waals surface area contributed by atoms with Crippen LogP contribution >= 0.6 is 0 Å². The quantitative estimate of drug-likeness (QED) is 0.561. The molecule has 6 nitrogen and oxygen atoms in total. The summed E-state index contributed by atoms with van der Waals surface area (Å²) in [4.78, 5) is 29.5. The number of piperazine rings is 1. The van der Waals surface area contributed by atoms with Crippen LogP contribution in [-0.2, 0) is 9.59 Å². The second-order valence-corrected chi connectivity index (χ2v) is 7.54. The number of hydrogen-bond acceptors (Lipinski definition) is 4. The van der Waals surface area contributed by atoms with Crippen molar-refractivity contribution in [2.24, 2.45) is 5.41 Å². The van der Waals surface area contributed by atoms with Gasteiger partial charge in [-0.3, -0.25) is 9.59 Å². The maximum Gasteiger partial charge on any atom is 0.237 e. The monoisotopic (exact) mass is 375 g/mol. The van der Waals surface area contributed by atoms with E-state index < -0.39 is 5.41 Å². The van der Waals surface area contributed by atoms with Gasteiger partial charge in [0, 0.05) is 32.7 Å². The lowest BCUT2D eigenvalue weighted by Crippen LogP contribution is -2.55. The summed E-state index contributed by atoms with van der Waals surface area (Å²) in [7, 11) is 1.67. The highest BCUT2D eigenvalue weighted by Crippen LogP contribution is 2.29. The zero-order chi connectivity index (χ0) is 19.9. The molecule has 0 bridgehead atoms. The van der Waals surface area contributed by atoms with Crippen LogP contribution in [-0.4, -0.2) is 56.5 Å². The van der Waals surface area contributed by atoms with E-state index >= 15 is 0 Å². The number of anilines is 1. The van der Waals surface area contributed by atoms with Crippen molar-refractivity contribution in [2.75, 3.05) is 44.7 Å². The van der Waals surface area contributed by atoms with Crippen molar-refractivity contribution in [1.29, 1.82) is 0 Å². The van der Waals surface area contributed by atoms with Gasteiger partial charge in [-0.05, 0) is 32.4 Å². The van der Waals surface area contributed by atoms with Crippen molar-refractivity contribution >= 4 is 17.5 Å². The van der Waals surface area contributed by atoms with Crippen LogP contribution in [0.4, 0.5) is 5.69 Å². The Morgan fingerprint density at radius 2 is 1.78 bits per heavy atom. The maximum atomic E-state index is 12.9. The predicted molar refractivity (Wildman–Crippen MR) is 108 cm³/mol. The first-order valence-corrected chi connectivity index (χ1v) is 9.87. The zero-order valence-electron chi connectivity index (χ0n) is 17.1. The lowest BCUT2D eigenvalue weighted by molar-refractivity contribution is -0.148. The van der Waals surface area contributed by atoms with Gasteiger partial charge >= 0.3 is 0 Å². The molecular formula is C21H33N3O3. The number of benzene rings is 1. The SMILES string of the molecule is CCCCCNC(=O)C(C)(C)C(=O)N1CCN(c2ccccc2OC)CC1. The van der Waals surface area contributed by atoms with Crippen LogP contribution in [0.1, 0.15) is 40.0 Å². The van der Waals surface area contributed by atoms with Crippen molar-refractivity contribution in [3.8, 4) is 5.75 Å². The highest BCUT2D eigenvalue weighted by Gasteiger charge is 2.39. The summed E-state index contributed by atoms with van der Waals surface area (Å²) in [6, 6.07) is 7.91. The molecule has 1 aromatic carbocycles. The number of carbonyl (C=O) groups excluding carboxylic acids is 2. The molecule has 27 heavy (non-hydrogen) atoms. The van der Waals surface area contributed by atoms with Crippen LogP contribution < -0.4 is 15.0 Å². The van der Waals surface area contributed by atoms with E-state index in [2.05, 4.69) is 17.1 Å². The molecule has 0 aliphatic carbocycles. The van der Waals surface area contributed by atoms with E-state index in [0.29, 0.717) is 19.6 Å². The second-order valence-electron chi connectivity index (χ2n) is 7.54. The van der Waals surface area contributed by atoms with Gasteiger partial charge < -0.3 is 19.9 Å². The Morgan fingerprint density at radius 1 is 1.11 bits per heavy atom. The highest BCUT2D eigenvalue weighted by atomic mass is 16.5. The van der Waals surface area contributed by atoms with Crippen molar-refractivity contribution in [3.05, 3.63) is 24.3 Å². The standard InChI is InChI=1S/C21H33N3O3/c1-5-6-9-12-22-19(25)21(2,3)20(26)24-15-13-23(14-16-24)17-10-7-8-11-18(17)27-4/h7-8,10-11H,5-6,9,12-16H2,1-4H3,(H,22,25). The van der Waals surface area contributed by atoms with E-state index in [9.17, 15) is 9.59 Å². The molecule has 0 spiro atoms. The van der Waals surface area contributed by atoms with Crippen molar-refractivity contribution in [2.45, 2.75) is 40.0 Å². The number of nitrogens with one attached hydrogen (secondary N) is 1. The summed E-state index contributed by atoms with van der Waals surface area (Å²) >= 11 is 0. The average molecular weight is 376 g/mol. The lowest BCUT2D eigenvalue weighted by Gasteiger charge is -2.39. The van der Waals surface area contributed by atoms with Gasteiger partial charge in [0.2, 0.25) is 11.8 Å². The first kappa shape index (κ1) is 21.1. The number of unbranched alkanes of at least 4 members (excludes halogenated alkanes) is 2. The number of rotatable bonds is 8. The van der Waals surface area contributed by atoms with E-state index in [-0.39, 0.29) is 11.8 Å². The maximum absolute atomic E-state index is 12.9. The van der Waals surface area contributed by atoms with Gasteiger partial charge in [0.1, 0.15) is 11.2 Å². The molecule has 1 heterocycles. The molecule has 2 rings (SSSR count). The summed E-state index contributed by atoms with van der Waals surface area (Å²) in [6.07, 6.45) is 3.14. The molecule has 0 unspecified atom stereocenters.